The summed E-state index contributed by atoms with van der Waals surface area (Å²) >= 11 is 7.58. The Hall–Kier alpha value is -4.46. The Balaban J connectivity index is 1.45. The molecule has 0 radical (unpaired) electrons. The van der Waals surface area contributed by atoms with Gasteiger partial charge in [-0.15, -0.1) is 0 Å². The molecular weight excluding hydrogens is 600 g/mol. The fraction of sp³-hybridized carbons (Fsp3) is 0.216. The van der Waals surface area contributed by atoms with E-state index in [0.717, 1.165) is 33.8 Å². The van der Waals surface area contributed by atoms with E-state index in [-0.39, 0.29) is 11.5 Å². The lowest BCUT2D eigenvalue weighted by molar-refractivity contribution is -0.127. The first-order valence-electron chi connectivity index (χ1n) is 15.1. The summed E-state index contributed by atoms with van der Waals surface area (Å²) in [6, 6.07) is 27.7. The molecule has 228 valence electrons. The van der Waals surface area contributed by atoms with E-state index in [1.807, 2.05) is 57.2 Å². The molecule has 1 aliphatic rings. The van der Waals surface area contributed by atoms with Gasteiger partial charge in [0.25, 0.3) is 11.5 Å². The van der Waals surface area contributed by atoms with Crippen LogP contribution in [0.2, 0.25) is 5.02 Å². The number of hydrogen-bond acceptors (Lipinski definition) is 4. The van der Waals surface area contributed by atoms with Gasteiger partial charge < -0.3 is 9.47 Å². The standard InChI is InChI=1S/C37H35ClN4O2S/c1-6-40(7-2)36(44)33-24(4)39-37-42(34(33)28-13-17-30(38)18-14-28)35(43)32(45-37)22-29-21-23(3)41(25(29)5)31-19-15-27(16-20-31)26-11-9-8-10-12-26/h8-22,34H,6-7H2,1-5H3/b32-22+/t34-/m1/s1. The maximum absolute atomic E-state index is 14.2. The highest BCUT2D eigenvalue weighted by Gasteiger charge is 2.34. The smallest absolute Gasteiger partial charge is 0.271 e. The van der Waals surface area contributed by atoms with Crippen LogP contribution in [0.4, 0.5) is 0 Å². The van der Waals surface area contributed by atoms with Crippen LogP contribution in [0.5, 0.6) is 0 Å². The third kappa shape index (κ3) is 5.62. The quantitative estimate of drug-likeness (QED) is 0.197. The number of aromatic nitrogens is 2. The number of benzene rings is 3. The summed E-state index contributed by atoms with van der Waals surface area (Å²) < 4.78 is 4.45. The number of nitrogens with zero attached hydrogens (tertiary/aromatic N) is 4. The molecular formula is C37H35ClN4O2S. The lowest BCUT2D eigenvalue weighted by Crippen LogP contribution is -2.43. The highest BCUT2D eigenvalue weighted by Crippen LogP contribution is 2.32. The van der Waals surface area contributed by atoms with Crippen molar-refractivity contribution in [2.24, 2.45) is 4.99 Å². The zero-order valence-electron chi connectivity index (χ0n) is 26.0. The van der Waals surface area contributed by atoms with Gasteiger partial charge in [0.15, 0.2) is 4.80 Å². The molecule has 0 saturated carbocycles. The van der Waals surface area contributed by atoms with Gasteiger partial charge in [0.2, 0.25) is 0 Å². The third-order valence-electron chi connectivity index (χ3n) is 8.48. The van der Waals surface area contributed by atoms with Gasteiger partial charge in [-0.05, 0) is 93.3 Å². The molecule has 6 rings (SSSR count). The highest BCUT2D eigenvalue weighted by atomic mass is 35.5. The second-order valence-corrected chi connectivity index (χ2v) is 12.6. The van der Waals surface area contributed by atoms with Crippen LogP contribution in [-0.2, 0) is 4.79 Å². The second kappa shape index (κ2) is 12.5. The first-order chi connectivity index (χ1) is 21.7. The number of halogens is 1. The summed E-state index contributed by atoms with van der Waals surface area (Å²) in [6.07, 6.45) is 1.95. The number of carbonyl (C=O) groups excluding carboxylic acids is 1. The molecule has 0 aliphatic carbocycles. The van der Waals surface area contributed by atoms with Crippen molar-refractivity contribution in [2.45, 2.75) is 40.7 Å². The second-order valence-electron chi connectivity index (χ2n) is 11.2. The molecule has 5 aromatic rings. The van der Waals surface area contributed by atoms with Crippen molar-refractivity contribution in [3.05, 3.63) is 143 Å². The van der Waals surface area contributed by atoms with Gasteiger partial charge in [-0.3, -0.25) is 14.2 Å². The molecule has 1 amide bonds. The molecule has 3 aromatic carbocycles. The van der Waals surface area contributed by atoms with E-state index >= 15 is 0 Å². The molecule has 8 heteroatoms. The van der Waals surface area contributed by atoms with E-state index in [2.05, 4.69) is 60.9 Å². The predicted molar refractivity (Wildman–Crippen MR) is 184 cm³/mol. The number of allylic oxidation sites excluding steroid dienone is 1. The topological polar surface area (TPSA) is 59.6 Å². The maximum atomic E-state index is 14.2. The Morgan fingerprint density at radius 3 is 2.22 bits per heavy atom. The minimum atomic E-state index is -0.607. The van der Waals surface area contributed by atoms with Crippen LogP contribution >= 0.6 is 22.9 Å². The Kier molecular flexibility index (Phi) is 8.49. The van der Waals surface area contributed by atoms with Crippen molar-refractivity contribution in [3.8, 4) is 16.8 Å². The largest absolute Gasteiger partial charge is 0.339 e. The maximum Gasteiger partial charge on any atom is 0.271 e. The van der Waals surface area contributed by atoms with Crippen LogP contribution in [-0.4, -0.2) is 33.0 Å². The summed E-state index contributed by atoms with van der Waals surface area (Å²) in [4.78, 5) is 35.2. The normalized spacial score (nSPS) is 14.8. The molecule has 0 fully saturated rings. The summed E-state index contributed by atoms with van der Waals surface area (Å²) in [6.45, 7) is 11.0. The van der Waals surface area contributed by atoms with Crippen LogP contribution in [0.25, 0.3) is 22.9 Å². The molecule has 45 heavy (non-hydrogen) atoms. The van der Waals surface area contributed by atoms with E-state index in [0.29, 0.717) is 38.7 Å². The number of carbonyl (C=O) groups is 1. The first kappa shape index (κ1) is 30.6. The van der Waals surface area contributed by atoms with Crippen molar-refractivity contribution >= 4 is 34.9 Å². The molecule has 0 spiro atoms. The zero-order chi connectivity index (χ0) is 31.8. The van der Waals surface area contributed by atoms with Crippen LogP contribution < -0.4 is 14.9 Å². The van der Waals surface area contributed by atoms with E-state index in [9.17, 15) is 9.59 Å². The molecule has 0 N–H and O–H groups in total. The Labute approximate surface area is 271 Å². The molecule has 0 bridgehead atoms. The van der Waals surface area contributed by atoms with Crippen molar-refractivity contribution < 1.29 is 4.79 Å². The molecule has 0 saturated heterocycles. The van der Waals surface area contributed by atoms with Crippen LogP contribution in [0.3, 0.4) is 0 Å². The van der Waals surface area contributed by atoms with Crippen molar-refractivity contribution in [1.29, 1.82) is 0 Å². The predicted octanol–water partition coefficient (Wildman–Crippen LogP) is 6.83. The monoisotopic (exact) mass is 634 g/mol. The first-order valence-corrected chi connectivity index (χ1v) is 16.3. The van der Waals surface area contributed by atoms with Gasteiger partial charge in [0.05, 0.1) is 21.8 Å². The molecule has 2 aromatic heterocycles. The van der Waals surface area contributed by atoms with Gasteiger partial charge in [0.1, 0.15) is 0 Å². The number of hydrogen-bond donors (Lipinski definition) is 0. The lowest BCUT2D eigenvalue weighted by Gasteiger charge is -2.29. The Bertz CT molecular complexity index is 2100. The van der Waals surface area contributed by atoms with Gasteiger partial charge >= 0.3 is 0 Å². The van der Waals surface area contributed by atoms with E-state index < -0.39 is 6.04 Å². The Morgan fingerprint density at radius 1 is 0.933 bits per heavy atom. The zero-order valence-corrected chi connectivity index (χ0v) is 27.6. The Morgan fingerprint density at radius 2 is 1.58 bits per heavy atom. The van der Waals surface area contributed by atoms with Crippen molar-refractivity contribution in [1.82, 2.24) is 14.0 Å². The molecule has 1 aliphatic heterocycles. The fourth-order valence-corrected chi connectivity index (χ4v) is 7.31. The molecule has 0 unspecified atom stereocenters. The van der Waals surface area contributed by atoms with Crippen molar-refractivity contribution in [3.63, 3.8) is 0 Å². The molecule has 6 nitrogen and oxygen atoms in total. The minimum Gasteiger partial charge on any atom is -0.339 e. The number of amides is 1. The number of fused-ring (bicyclic) bond motifs is 1. The van der Waals surface area contributed by atoms with E-state index in [4.69, 9.17) is 16.6 Å². The average molecular weight is 635 g/mol. The number of rotatable bonds is 7. The number of thiazole rings is 1. The van der Waals surface area contributed by atoms with E-state index in [1.165, 1.54) is 16.9 Å². The van der Waals surface area contributed by atoms with Crippen LogP contribution in [0, 0.1) is 13.8 Å². The highest BCUT2D eigenvalue weighted by molar-refractivity contribution is 7.07. The third-order valence-corrected chi connectivity index (χ3v) is 9.71. The lowest BCUT2D eigenvalue weighted by atomic mass is 9.94. The molecule has 1 atom stereocenters. The summed E-state index contributed by atoms with van der Waals surface area (Å²) in [5, 5.41) is 0.591. The number of likely N-dealkylation sites (N-methyl/N-ethyl adjacent to an activating group) is 1. The van der Waals surface area contributed by atoms with Gasteiger partial charge in [-0.1, -0.05) is 77.5 Å². The van der Waals surface area contributed by atoms with Gasteiger partial charge in [-0.25, -0.2) is 4.99 Å². The van der Waals surface area contributed by atoms with E-state index in [1.54, 1.807) is 21.6 Å². The van der Waals surface area contributed by atoms with Gasteiger partial charge in [-0.2, -0.15) is 0 Å². The van der Waals surface area contributed by atoms with Gasteiger partial charge in [0, 0.05) is 35.2 Å². The SMILES string of the molecule is CCN(CC)C(=O)C1=C(C)N=c2s/c(=C/c3cc(C)n(-c4ccc(-c5ccccc5)cc4)c3C)c(=O)n2[C@@H]1c1ccc(Cl)cc1. The van der Waals surface area contributed by atoms with Crippen LogP contribution in [0.1, 0.15) is 49.3 Å². The average Bonchev–Trinajstić information content (AvgIpc) is 3.50. The summed E-state index contributed by atoms with van der Waals surface area (Å²) in [5.74, 6) is -0.114. The minimum absolute atomic E-state index is 0.114. The number of aryl methyl sites for hydroxylation is 1. The fourth-order valence-electron chi connectivity index (χ4n) is 6.14. The molecule has 3 heterocycles. The van der Waals surface area contributed by atoms with Crippen molar-refractivity contribution in [2.75, 3.05) is 13.1 Å². The summed E-state index contributed by atoms with van der Waals surface area (Å²) in [5.41, 5.74) is 8.24. The van der Waals surface area contributed by atoms with Crippen LogP contribution in [0.15, 0.2) is 106 Å². The summed E-state index contributed by atoms with van der Waals surface area (Å²) in [7, 11) is 0.